The summed E-state index contributed by atoms with van der Waals surface area (Å²) < 4.78 is 36.2. The Kier molecular flexibility index (Phi) is 6.65. The van der Waals surface area contributed by atoms with Crippen molar-refractivity contribution in [2.45, 2.75) is 19.1 Å². The van der Waals surface area contributed by atoms with Crippen LogP contribution in [0.1, 0.15) is 17.2 Å². The lowest BCUT2D eigenvalue weighted by Crippen LogP contribution is -2.44. The van der Waals surface area contributed by atoms with Crippen LogP contribution in [-0.2, 0) is 13.1 Å². The number of ether oxygens (including phenoxy) is 1. The Morgan fingerprint density at radius 3 is 2.38 bits per heavy atom. The van der Waals surface area contributed by atoms with Gasteiger partial charge in [0.15, 0.2) is 17.3 Å². The Labute approximate surface area is 193 Å². The third-order valence-corrected chi connectivity index (χ3v) is 5.44. The zero-order chi connectivity index (χ0) is 24.2. The van der Waals surface area contributed by atoms with Crippen molar-refractivity contribution in [2.75, 3.05) is 7.11 Å². The smallest absolute Gasteiger partial charge is 0.347 e. The highest BCUT2D eigenvalue weighted by Gasteiger charge is 2.22. The first-order chi connectivity index (χ1) is 16.4. The molecule has 1 aromatic heterocycles. The van der Waals surface area contributed by atoms with Gasteiger partial charge in [0.25, 0.3) is 5.56 Å². The Morgan fingerprint density at radius 1 is 0.971 bits per heavy atom. The summed E-state index contributed by atoms with van der Waals surface area (Å²) in [6, 6.07) is 18.4. The van der Waals surface area contributed by atoms with Crippen molar-refractivity contribution in [1.29, 1.82) is 0 Å². The van der Waals surface area contributed by atoms with E-state index in [0.29, 0.717) is 5.56 Å². The number of halogens is 2. The third kappa shape index (κ3) is 4.51. The molecule has 0 spiro atoms. The molecule has 174 valence electrons. The van der Waals surface area contributed by atoms with E-state index in [0.717, 1.165) is 9.25 Å². The first kappa shape index (κ1) is 23.1. The van der Waals surface area contributed by atoms with Gasteiger partial charge in [-0.05, 0) is 23.8 Å². The van der Waals surface area contributed by atoms with Crippen LogP contribution >= 0.6 is 0 Å². The quantitative estimate of drug-likeness (QED) is 0.454. The van der Waals surface area contributed by atoms with Crippen LogP contribution in [0.3, 0.4) is 0 Å². The largest absolute Gasteiger partial charge is 0.494 e. The van der Waals surface area contributed by atoms with Crippen molar-refractivity contribution in [1.82, 2.24) is 14.3 Å². The molecule has 1 unspecified atom stereocenters. The van der Waals surface area contributed by atoms with Crippen LogP contribution in [0.4, 0.5) is 8.78 Å². The van der Waals surface area contributed by atoms with Crippen LogP contribution in [0.2, 0.25) is 0 Å². The number of rotatable bonds is 7. The standard InChI is InChI=1S/C25H22F2N4O3/c1-34-21-13-7-11-18(22(21)27)23-24(32)30(15-20(28)16-8-3-2-4-9-16)25(33)31(29-23)14-17-10-5-6-12-19(17)26/h2-13,20H,14-15,28H2,1H3. The minimum Gasteiger partial charge on any atom is -0.494 e. The lowest BCUT2D eigenvalue weighted by molar-refractivity contribution is 0.387. The van der Waals surface area contributed by atoms with Crippen molar-refractivity contribution < 1.29 is 13.5 Å². The fourth-order valence-electron chi connectivity index (χ4n) is 3.63. The van der Waals surface area contributed by atoms with Crippen LogP contribution in [0.5, 0.6) is 5.75 Å². The average molecular weight is 464 g/mol. The van der Waals surface area contributed by atoms with Crippen LogP contribution in [0.25, 0.3) is 11.3 Å². The molecule has 1 heterocycles. The van der Waals surface area contributed by atoms with Gasteiger partial charge >= 0.3 is 5.69 Å². The molecule has 0 saturated heterocycles. The Balaban J connectivity index is 1.89. The predicted molar refractivity (Wildman–Crippen MR) is 124 cm³/mol. The summed E-state index contributed by atoms with van der Waals surface area (Å²) in [5.41, 5.74) is 5.11. The van der Waals surface area contributed by atoms with Crippen LogP contribution in [-0.4, -0.2) is 21.5 Å². The van der Waals surface area contributed by atoms with Gasteiger partial charge in [0.2, 0.25) is 0 Å². The molecule has 3 aromatic carbocycles. The van der Waals surface area contributed by atoms with Gasteiger partial charge in [-0.1, -0.05) is 54.6 Å². The lowest BCUT2D eigenvalue weighted by atomic mass is 10.1. The van der Waals surface area contributed by atoms with Crippen LogP contribution in [0, 0.1) is 11.6 Å². The first-order valence-electron chi connectivity index (χ1n) is 10.5. The van der Waals surface area contributed by atoms with E-state index >= 15 is 4.39 Å². The molecule has 9 heteroatoms. The Morgan fingerprint density at radius 2 is 1.68 bits per heavy atom. The summed E-state index contributed by atoms with van der Waals surface area (Å²) in [6.07, 6.45) is 0. The van der Waals surface area contributed by atoms with Gasteiger partial charge < -0.3 is 10.5 Å². The molecule has 0 aliphatic rings. The van der Waals surface area contributed by atoms with E-state index in [9.17, 15) is 14.0 Å². The molecular formula is C25H22F2N4O3. The van der Waals surface area contributed by atoms with Crippen molar-refractivity contribution in [3.63, 3.8) is 0 Å². The molecule has 34 heavy (non-hydrogen) atoms. The topological polar surface area (TPSA) is 92.1 Å². The Bertz CT molecular complexity index is 1430. The van der Waals surface area contributed by atoms with E-state index in [2.05, 4.69) is 5.10 Å². The van der Waals surface area contributed by atoms with E-state index in [1.165, 1.54) is 43.5 Å². The maximum absolute atomic E-state index is 15.0. The molecule has 2 N–H and O–H groups in total. The summed E-state index contributed by atoms with van der Waals surface area (Å²) >= 11 is 0. The van der Waals surface area contributed by atoms with Gasteiger partial charge in [0, 0.05) is 17.2 Å². The molecule has 0 bridgehead atoms. The maximum atomic E-state index is 15.0. The second kappa shape index (κ2) is 9.80. The molecular weight excluding hydrogens is 442 g/mol. The van der Waals surface area contributed by atoms with E-state index in [1.54, 1.807) is 30.3 Å². The molecule has 7 nitrogen and oxygen atoms in total. The number of aromatic nitrogens is 3. The van der Waals surface area contributed by atoms with E-state index < -0.39 is 28.9 Å². The highest BCUT2D eigenvalue weighted by atomic mass is 19.1. The molecule has 0 aliphatic heterocycles. The molecule has 4 aromatic rings. The van der Waals surface area contributed by atoms with E-state index in [-0.39, 0.29) is 35.7 Å². The van der Waals surface area contributed by atoms with Crippen molar-refractivity contribution >= 4 is 0 Å². The minimum absolute atomic E-state index is 0.0851. The van der Waals surface area contributed by atoms with E-state index in [1.807, 2.05) is 6.07 Å². The number of benzene rings is 3. The van der Waals surface area contributed by atoms with Gasteiger partial charge in [-0.15, -0.1) is 0 Å². The fourth-order valence-corrected chi connectivity index (χ4v) is 3.63. The first-order valence-corrected chi connectivity index (χ1v) is 10.5. The summed E-state index contributed by atoms with van der Waals surface area (Å²) in [5, 5.41) is 4.12. The number of nitrogens with two attached hydrogens (primary N) is 1. The molecule has 0 fully saturated rings. The molecule has 4 rings (SSSR count). The van der Waals surface area contributed by atoms with Gasteiger partial charge in [-0.2, -0.15) is 5.10 Å². The third-order valence-electron chi connectivity index (χ3n) is 5.44. The van der Waals surface area contributed by atoms with Gasteiger partial charge in [0.05, 0.1) is 20.2 Å². The van der Waals surface area contributed by atoms with Crippen molar-refractivity contribution in [3.05, 3.63) is 116 Å². The SMILES string of the molecule is COc1cccc(-c2nn(Cc3ccccc3F)c(=O)n(CC(N)c3ccccc3)c2=O)c1F. The van der Waals surface area contributed by atoms with Gasteiger partial charge in [0.1, 0.15) is 5.82 Å². The summed E-state index contributed by atoms with van der Waals surface area (Å²) in [4.78, 5) is 26.6. The highest BCUT2D eigenvalue weighted by Crippen LogP contribution is 2.26. The molecule has 1 atom stereocenters. The minimum atomic E-state index is -0.812. The summed E-state index contributed by atoms with van der Waals surface area (Å²) in [6.45, 7) is -0.439. The number of hydrogen-bond donors (Lipinski definition) is 1. The maximum Gasteiger partial charge on any atom is 0.347 e. The monoisotopic (exact) mass is 464 g/mol. The van der Waals surface area contributed by atoms with Crippen LogP contribution in [0.15, 0.2) is 82.4 Å². The second-order valence-corrected chi connectivity index (χ2v) is 7.63. The molecule has 0 aliphatic carbocycles. The molecule has 0 saturated carbocycles. The second-order valence-electron chi connectivity index (χ2n) is 7.63. The normalized spacial score (nSPS) is 11.9. The summed E-state index contributed by atoms with van der Waals surface area (Å²) in [5.74, 6) is -1.42. The lowest BCUT2D eigenvalue weighted by Gasteiger charge is -2.17. The van der Waals surface area contributed by atoms with Gasteiger partial charge in [-0.25, -0.2) is 18.3 Å². The van der Waals surface area contributed by atoms with Crippen LogP contribution < -0.4 is 21.7 Å². The van der Waals surface area contributed by atoms with Crippen molar-refractivity contribution in [2.24, 2.45) is 5.73 Å². The molecule has 0 radical (unpaired) electrons. The number of methoxy groups -OCH3 is 1. The number of nitrogens with zero attached hydrogens (tertiary/aromatic N) is 3. The predicted octanol–water partition coefficient (Wildman–Crippen LogP) is 3.11. The zero-order valence-corrected chi connectivity index (χ0v) is 18.3. The fraction of sp³-hybridized carbons (Fsp3) is 0.160. The van der Waals surface area contributed by atoms with E-state index in [4.69, 9.17) is 10.5 Å². The van der Waals surface area contributed by atoms with Crippen molar-refractivity contribution in [3.8, 4) is 17.0 Å². The zero-order valence-electron chi connectivity index (χ0n) is 18.3. The Hall–Kier alpha value is -4.11. The van der Waals surface area contributed by atoms with Gasteiger partial charge in [-0.3, -0.25) is 9.36 Å². The highest BCUT2D eigenvalue weighted by molar-refractivity contribution is 5.61. The summed E-state index contributed by atoms with van der Waals surface area (Å²) in [7, 11) is 1.30. The molecule has 0 amide bonds. The average Bonchev–Trinajstić information content (AvgIpc) is 2.85. The number of hydrogen-bond acceptors (Lipinski definition) is 5.